The number of aryl methyl sites for hydroxylation is 1. The van der Waals surface area contributed by atoms with Gasteiger partial charge in [-0.05, 0) is 104 Å². The van der Waals surface area contributed by atoms with Crippen LogP contribution in [-0.4, -0.2) is 44.5 Å². The Bertz CT molecular complexity index is 2420. The average molecular weight is 757 g/mol. The van der Waals surface area contributed by atoms with E-state index >= 15 is 4.79 Å². The molecule has 1 saturated carbocycles. The van der Waals surface area contributed by atoms with Crippen LogP contribution in [0.2, 0.25) is 0 Å². The number of sulfonamides is 1. The molecular weight excluding hydrogens is 717 g/mol. The number of carbonyl (C=O) groups is 3. The molecule has 12 heteroatoms. The fraction of sp³-hybridized carbons (Fsp3) is 0.186. The third kappa shape index (κ3) is 7.95. The van der Waals surface area contributed by atoms with Crippen LogP contribution < -0.4 is 19.7 Å². The van der Waals surface area contributed by atoms with E-state index in [1.54, 1.807) is 54.4 Å². The predicted octanol–water partition coefficient (Wildman–Crippen LogP) is 8.59. The van der Waals surface area contributed by atoms with Crippen LogP contribution in [0.3, 0.4) is 0 Å². The summed E-state index contributed by atoms with van der Waals surface area (Å²) in [6.07, 6.45) is 4.81. The quantitative estimate of drug-likeness (QED) is 0.120. The van der Waals surface area contributed by atoms with E-state index in [1.165, 1.54) is 25.3 Å². The van der Waals surface area contributed by atoms with Crippen LogP contribution in [0, 0.1) is 6.92 Å². The molecule has 1 heterocycles. The van der Waals surface area contributed by atoms with E-state index in [-0.39, 0.29) is 28.2 Å². The molecule has 3 N–H and O–H groups in total. The lowest BCUT2D eigenvalue weighted by Crippen LogP contribution is -2.32. The summed E-state index contributed by atoms with van der Waals surface area (Å²) in [7, 11) is -2.77. The average Bonchev–Trinajstić information content (AvgIpc) is 3.86. The molecule has 0 spiro atoms. The highest BCUT2D eigenvalue weighted by atomic mass is 32.2. The minimum Gasteiger partial charge on any atom is -0.496 e. The van der Waals surface area contributed by atoms with Crippen LogP contribution in [0.15, 0.2) is 132 Å². The zero-order valence-electron chi connectivity index (χ0n) is 30.3. The molecule has 1 aromatic heterocycles. The Morgan fingerprint density at radius 3 is 2.11 bits per heavy atom. The number of nitrogens with one attached hydrogen (secondary N) is 3. The highest BCUT2D eigenvalue weighted by molar-refractivity contribution is 7.90. The second kappa shape index (κ2) is 15.9. The number of methoxy groups -OCH3 is 1. The maximum atomic E-state index is 15.3. The van der Waals surface area contributed by atoms with Gasteiger partial charge in [0, 0.05) is 45.3 Å². The van der Waals surface area contributed by atoms with Crippen molar-refractivity contribution in [2.24, 2.45) is 0 Å². The van der Waals surface area contributed by atoms with E-state index < -0.39 is 27.9 Å². The summed E-state index contributed by atoms with van der Waals surface area (Å²) in [5.74, 6) is -2.05. The third-order valence-corrected chi connectivity index (χ3v) is 11.3. The Hall–Kier alpha value is -6.40. The molecule has 1 aliphatic carbocycles. The second-order valence-electron chi connectivity index (χ2n) is 13.4. The summed E-state index contributed by atoms with van der Waals surface area (Å²) < 4.78 is 40.1. The highest BCUT2D eigenvalue weighted by Gasteiger charge is 2.34. The standard InChI is InChI=1S/C43H40N4O7S/c1-28-13-9-12-20-39(28)55(51,52)46-41(48)29-21-23-34(38(25-29)53-2)40(42(49)47(31-14-5-3-6-15-31)32-16-7-4-8-17-32)36-27-44-37-24-22-30(26-35(36)37)45-43(50)54-33-18-10-11-19-33/h3-9,12-17,20-27,33,40,44H,10-11,18-19H2,1-2H3,(H,45,50)(H,46,48). The number of amides is 3. The summed E-state index contributed by atoms with van der Waals surface area (Å²) >= 11 is 0. The molecule has 0 bridgehead atoms. The zero-order chi connectivity index (χ0) is 38.5. The predicted molar refractivity (Wildman–Crippen MR) is 211 cm³/mol. The van der Waals surface area contributed by atoms with Gasteiger partial charge in [-0.2, -0.15) is 0 Å². The Balaban J connectivity index is 1.32. The number of rotatable bonds is 11. The molecule has 5 aromatic carbocycles. The van der Waals surface area contributed by atoms with Gasteiger partial charge in [0.25, 0.3) is 15.9 Å². The van der Waals surface area contributed by atoms with Gasteiger partial charge in [-0.1, -0.05) is 60.7 Å². The number of para-hydroxylation sites is 2. The third-order valence-electron chi connectivity index (χ3n) is 9.76. The van der Waals surface area contributed by atoms with Gasteiger partial charge in [-0.25, -0.2) is 17.9 Å². The lowest BCUT2D eigenvalue weighted by molar-refractivity contribution is -0.118. The number of aromatic amines is 1. The lowest BCUT2D eigenvalue weighted by atomic mass is 9.87. The van der Waals surface area contributed by atoms with Crippen molar-refractivity contribution < 1.29 is 32.3 Å². The van der Waals surface area contributed by atoms with Gasteiger partial charge in [0.2, 0.25) is 5.91 Å². The first kappa shape index (κ1) is 36.9. The van der Waals surface area contributed by atoms with E-state index in [0.717, 1.165) is 25.7 Å². The number of carbonyl (C=O) groups excluding carboxylic acids is 3. The summed E-state index contributed by atoms with van der Waals surface area (Å²) in [6.45, 7) is 1.65. The highest BCUT2D eigenvalue weighted by Crippen LogP contribution is 2.41. The van der Waals surface area contributed by atoms with Crippen LogP contribution >= 0.6 is 0 Å². The number of aromatic nitrogens is 1. The molecule has 7 rings (SSSR count). The summed E-state index contributed by atoms with van der Waals surface area (Å²) in [5.41, 5.74) is 3.93. The van der Waals surface area contributed by atoms with E-state index in [0.29, 0.717) is 44.7 Å². The maximum Gasteiger partial charge on any atom is 0.411 e. The van der Waals surface area contributed by atoms with Crippen LogP contribution in [0.1, 0.15) is 58.6 Å². The fourth-order valence-corrected chi connectivity index (χ4v) is 8.29. The zero-order valence-corrected chi connectivity index (χ0v) is 31.1. The molecule has 1 atom stereocenters. The SMILES string of the molecule is COc1cc(C(=O)NS(=O)(=O)c2ccccc2C)ccc1C(C(=O)N(c1ccccc1)c1ccccc1)c1c[nH]c2ccc(NC(=O)OC3CCCC3)cc12. The molecule has 1 aliphatic rings. The molecule has 55 heavy (non-hydrogen) atoms. The number of hydrogen-bond acceptors (Lipinski definition) is 7. The summed E-state index contributed by atoms with van der Waals surface area (Å²) in [4.78, 5) is 46.5. The topological polar surface area (TPSA) is 147 Å². The van der Waals surface area contributed by atoms with Gasteiger partial charge in [0.15, 0.2) is 0 Å². The molecule has 0 radical (unpaired) electrons. The van der Waals surface area contributed by atoms with Crippen LogP contribution in [0.5, 0.6) is 5.75 Å². The Kier molecular flexibility index (Phi) is 10.7. The molecule has 280 valence electrons. The van der Waals surface area contributed by atoms with Gasteiger partial charge in [-0.3, -0.25) is 19.8 Å². The smallest absolute Gasteiger partial charge is 0.411 e. The monoisotopic (exact) mass is 756 g/mol. The molecule has 1 unspecified atom stereocenters. The number of hydrogen-bond donors (Lipinski definition) is 3. The van der Waals surface area contributed by atoms with E-state index in [1.807, 2.05) is 66.7 Å². The molecule has 11 nitrogen and oxygen atoms in total. The van der Waals surface area contributed by atoms with E-state index in [2.05, 4.69) is 15.0 Å². The molecule has 1 fully saturated rings. The normalized spacial score (nSPS) is 13.6. The minimum atomic E-state index is -4.19. The second-order valence-corrected chi connectivity index (χ2v) is 15.0. The molecule has 3 amide bonds. The first-order valence-corrected chi connectivity index (χ1v) is 19.4. The van der Waals surface area contributed by atoms with Crippen molar-refractivity contribution in [1.82, 2.24) is 9.71 Å². The van der Waals surface area contributed by atoms with E-state index in [9.17, 15) is 18.0 Å². The Morgan fingerprint density at radius 2 is 1.45 bits per heavy atom. The molecule has 6 aromatic rings. The van der Waals surface area contributed by atoms with E-state index in [4.69, 9.17) is 9.47 Å². The van der Waals surface area contributed by atoms with Crippen molar-refractivity contribution in [3.05, 3.63) is 150 Å². The number of benzene rings is 5. The largest absolute Gasteiger partial charge is 0.496 e. The summed E-state index contributed by atoms with van der Waals surface area (Å²) in [6, 6.07) is 34.7. The van der Waals surface area contributed by atoms with Crippen LogP contribution in [-0.2, 0) is 19.6 Å². The van der Waals surface area contributed by atoms with Crippen molar-refractivity contribution in [3.63, 3.8) is 0 Å². The fourth-order valence-electron chi connectivity index (χ4n) is 7.07. The molecule has 0 aliphatic heterocycles. The minimum absolute atomic E-state index is 0.0121. The van der Waals surface area contributed by atoms with Crippen molar-refractivity contribution in [2.45, 2.75) is 49.5 Å². The van der Waals surface area contributed by atoms with Crippen LogP contribution in [0.25, 0.3) is 10.9 Å². The number of fused-ring (bicyclic) bond motifs is 1. The Morgan fingerprint density at radius 1 is 0.800 bits per heavy atom. The van der Waals surface area contributed by atoms with Crippen molar-refractivity contribution in [2.75, 3.05) is 17.3 Å². The summed E-state index contributed by atoms with van der Waals surface area (Å²) in [5, 5.41) is 3.51. The van der Waals surface area contributed by atoms with Crippen molar-refractivity contribution in [1.29, 1.82) is 0 Å². The Labute approximate surface area is 319 Å². The van der Waals surface area contributed by atoms with Gasteiger partial charge in [-0.15, -0.1) is 0 Å². The van der Waals surface area contributed by atoms with Gasteiger partial charge in [0.05, 0.1) is 17.9 Å². The lowest BCUT2D eigenvalue weighted by Gasteiger charge is -2.29. The number of H-pyrrole nitrogens is 1. The van der Waals surface area contributed by atoms with Crippen LogP contribution in [0.4, 0.5) is 21.9 Å². The maximum absolute atomic E-state index is 15.3. The van der Waals surface area contributed by atoms with Gasteiger partial charge < -0.3 is 14.5 Å². The number of nitrogens with zero attached hydrogens (tertiary/aromatic N) is 1. The van der Waals surface area contributed by atoms with Crippen molar-refractivity contribution in [3.8, 4) is 5.75 Å². The van der Waals surface area contributed by atoms with Crippen molar-refractivity contribution >= 4 is 55.9 Å². The first-order valence-electron chi connectivity index (χ1n) is 18.0. The number of ether oxygens (including phenoxy) is 2. The molecular formula is C43H40N4O7S. The molecule has 0 saturated heterocycles. The van der Waals surface area contributed by atoms with Gasteiger partial charge in [0.1, 0.15) is 11.9 Å². The number of anilines is 3. The van der Waals surface area contributed by atoms with Gasteiger partial charge >= 0.3 is 6.09 Å². The first-order chi connectivity index (χ1) is 26.6.